The average Bonchev–Trinajstić information content (AvgIpc) is 3.46. The summed E-state index contributed by atoms with van der Waals surface area (Å²) in [5, 5.41) is 8.73. The molecule has 0 saturated heterocycles. The summed E-state index contributed by atoms with van der Waals surface area (Å²) in [6.07, 6.45) is -0.132. The van der Waals surface area contributed by atoms with Crippen molar-refractivity contribution in [3.63, 3.8) is 0 Å². The lowest BCUT2D eigenvalue weighted by Gasteiger charge is -2.27. The van der Waals surface area contributed by atoms with E-state index in [9.17, 15) is 22.8 Å². The highest BCUT2D eigenvalue weighted by Gasteiger charge is 2.29. The second-order valence-electron chi connectivity index (χ2n) is 11.0. The van der Waals surface area contributed by atoms with Crippen LogP contribution in [-0.2, 0) is 11.3 Å². The highest BCUT2D eigenvalue weighted by molar-refractivity contribution is 5.94. The van der Waals surface area contributed by atoms with Gasteiger partial charge in [0, 0.05) is 67.7 Å². The maximum Gasteiger partial charge on any atom is 0.389 e. The third kappa shape index (κ3) is 6.95. The van der Waals surface area contributed by atoms with Gasteiger partial charge in [-0.1, -0.05) is 18.2 Å². The quantitative estimate of drug-likeness (QED) is 0.222. The van der Waals surface area contributed by atoms with Crippen molar-refractivity contribution in [3.05, 3.63) is 102 Å². The maximum atomic E-state index is 13.1. The molecule has 2 amide bonds. The van der Waals surface area contributed by atoms with Crippen LogP contribution in [-0.4, -0.2) is 67.5 Å². The number of aromatic nitrogens is 4. The molecule has 0 atom stereocenters. The molecule has 5 aromatic rings. The molecule has 230 valence electrons. The molecule has 2 aromatic carbocycles. The van der Waals surface area contributed by atoms with E-state index in [-0.39, 0.29) is 12.5 Å². The number of anilines is 2. The van der Waals surface area contributed by atoms with Gasteiger partial charge in [0.15, 0.2) is 5.65 Å². The van der Waals surface area contributed by atoms with Crippen molar-refractivity contribution in [2.75, 3.05) is 25.5 Å². The van der Waals surface area contributed by atoms with E-state index < -0.39 is 24.9 Å². The molecule has 4 heterocycles. The molecule has 9 nitrogen and oxygen atoms in total. The van der Waals surface area contributed by atoms with Gasteiger partial charge in [-0.05, 0) is 72.2 Å². The Kier molecular flexibility index (Phi) is 8.20. The molecule has 0 bridgehead atoms. The molecule has 0 spiro atoms. The topological polar surface area (TPSA) is 95.7 Å². The van der Waals surface area contributed by atoms with Crippen LogP contribution in [0.15, 0.2) is 85.2 Å². The van der Waals surface area contributed by atoms with Crippen molar-refractivity contribution < 1.29 is 22.8 Å². The van der Waals surface area contributed by atoms with Crippen molar-refractivity contribution in [1.82, 2.24) is 29.4 Å². The van der Waals surface area contributed by atoms with Gasteiger partial charge in [-0.2, -0.15) is 18.2 Å². The molecule has 1 N–H and O–H groups in total. The third-order valence-electron chi connectivity index (χ3n) is 7.71. The lowest BCUT2D eigenvalue weighted by atomic mass is 10.00. The van der Waals surface area contributed by atoms with Gasteiger partial charge in [-0.15, -0.1) is 5.10 Å². The number of hydrogen-bond donors (Lipinski definition) is 1. The van der Waals surface area contributed by atoms with E-state index >= 15 is 0 Å². The molecule has 0 fully saturated rings. The fraction of sp³-hybridized carbons (Fsp3) is 0.242. The summed E-state index contributed by atoms with van der Waals surface area (Å²) >= 11 is 0. The maximum absolute atomic E-state index is 13.1. The number of alkyl halides is 3. The molecule has 0 saturated carbocycles. The summed E-state index contributed by atoms with van der Waals surface area (Å²) in [6, 6.07) is 20.7. The summed E-state index contributed by atoms with van der Waals surface area (Å²) in [5.41, 5.74) is 5.58. The molecular formula is C33H30F3N7O2. The number of nitrogens with one attached hydrogen (secondary N) is 1. The number of halogens is 3. The molecule has 0 unspecified atom stereocenters. The van der Waals surface area contributed by atoms with Gasteiger partial charge in [-0.25, -0.2) is 4.52 Å². The minimum absolute atomic E-state index is 0.107. The van der Waals surface area contributed by atoms with E-state index in [2.05, 4.69) is 20.4 Å². The first kappa shape index (κ1) is 29.8. The van der Waals surface area contributed by atoms with Crippen LogP contribution in [0.25, 0.3) is 22.1 Å². The van der Waals surface area contributed by atoms with E-state index in [1.807, 2.05) is 48.5 Å². The van der Waals surface area contributed by atoms with Gasteiger partial charge in [0.2, 0.25) is 11.9 Å². The normalized spacial score (nSPS) is 13.6. The molecule has 6 rings (SSSR count). The second kappa shape index (κ2) is 12.4. The van der Waals surface area contributed by atoms with Crippen LogP contribution in [0.4, 0.5) is 24.8 Å². The summed E-state index contributed by atoms with van der Waals surface area (Å²) in [7, 11) is 1.77. The van der Waals surface area contributed by atoms with Crippen molar-refractivity contribution in [1.29, 1.82) is 0 Å². The van der Waals surface area contributed by atoms with Gasteiger partial charge in [0.25, 0.3) is 5.91 Å². The van der Waals surface area contributed by atoms with Crippen molar-refractivity contribution in [2.24, 2.45) is 0 Å². The molecule has 12 heteroatoms. The number of amides is 2. The van der Waals surface area contributed by atoms with Gasteiger partial charge in [-0.3, -0.25) is 14.6 Å². The van der Waals surface area contributed by atoms with E-state index in [4.69, 9.17) is 0 Å². The minimum Gasteiger partial charge on any atom is -0.339 e. The molecular weight excluding hydrogens is 583 g/mol. The first-order valence-electron chi connectivity index (χ1n) is 14.5. The van der Waals surface area contributed by atoms with Crippen LogP contribution in [0.2, 0.25) is 0 Å². The Bertz CT molecular complexity index is 1900. The number of pyridine rings is 2. The number of nitrogens with zero attached hydrogens (tertiary/aromatic N) is 6. The molecule has 0 aliphatic carbocycles. The Hall–Kier alpha value is -5.26. The predicted octanol–water partition coefficient (Wildman–Crippen LogP) is 6.25. The highest BCUT2D eigenvalue weighted by Crippen LogP contribution is 2.28. The number of fused-ring (bicyclic) bond motifs is 2. The molecule has 3 aromatic heterocycles. The third-order valence-corrected chi connectivity index (χ3v) is 7.71. The smallest absolute Gasteiger partial charge is 0.339 e. The fourth-order valence-electron chi connectivity index (χ4n) is 5.37. The van der Waals surface area contributed by atoms with Gasteiger partial charge < -0.3 is 15.1 Å². The fourth-order valence-corrected chi connectivity index (χ4v) is 5.37. The number of rotatable bonds is 8. The van der Waals surface area contributed by atoms with Gasteiger partial charge in [0.1, 0.15) is 0 Å². The largest absolute Gasteiger partial charge is 0.389 e. The Morgan fingerprint density at radius 2 is 1.87 bits per heavy atom. The molecule has 1 aliphatic rings. The summed E-state index contributed by atoms with van der Waals surface area (Å²) in [5.74, 6) is -0.244. The number of carbonyl (C=O) groups excluding carboxylic acids is 2. The van der Waals surface area contributed by atoms with Crippen LogP contribution >= 0.6 is 0 Å². The number of carbonyl (C=O) groups is 2. The zero-order valence-corrected chi connectivity index (χ0v) is 24.5. The van der Waals surface area contributed by atoms with E-state index in [1.54, 1.807) is 53.1 Å². The average molecular weight is 614 g/mol. The Morgan fingerprint density at radius 1 is 1.04 bits per heavy atom. The first-order valence-corrected chi connectivity index (χ1v) is 14.5. The van der Waals surface area contributed by atoms with Gasteiger partial charge in [0.05, 0.1) is 11.9 Å². The van der Waals surface area contributed by atoms with Crippen LogP contribution < -0.4 is 5.32 Å². The van der Waals surface area contributed by atoms with Crippen molar-refractivity contribution in [3.8, 4) is 0 Å². The SMILES string of the molecule is CN(Cc1ccc2ncccc2c1)C(=O)c1ccc(Nc2nc3c(C4=CCN(C(=O)CCC(F)(F)F)CC4)cccn3n2)cc1. The standard InChI is InChI=1S/C33H30F3N7O2/c1-41(21-22-6-11-28-25(20-22)4-2-16-37-28)31(45)24-7-9-26(10-8-24)38-32-39-30-27(5-3-17-43(30)40-32)23-13-18-42(19-14-23)29(44)12-15-33(34,35)36/h2-11,13,16-17,20H,12,14-15,18-19,21H2,1H3,(H,38,40). The van der Waals surface area contributed by atoms with Crippen molar-refractivity contribution >= 4 is 45.6 Å². The number of benzene rings is 2. The van der Waals surface area contributed by atoms with Gasteiger partial charge >= 0.3 is 6.18 Å². The zero-order valence-electron chi connectivity index (χ0n) is 24.5. The minimum atomic E-state index is -4.35. The molecule has 45 heavy (non-hydrogen) atoms. The summed E-state index contributed by atoms with van der Waals surface area (Å²) in [6.45, 7) is 1.04. The summed E-state index contributed by atoms with van der Waals surface area (Å²) < 4.78 is 39.2. The lowest BCUT2D eigenvalue weighted by molar-refractivity contribution is -0.148. The molecule has 0 radical (unpaired) electrons. The Balaban J connectivity index is 1.10. The van der Waals surface area contributed by atoms with E-state index in [0.29, 0.717) is 42.4 Å². The monoisotopic (exact) mass is 613 g/mol. The predicted molar refractivity (Wildman–Crippen MR) is 165 cm³/mol. The molecule has 1 aliphatic heterocycles. The first-order chi connectivity index (χ1) is 21.6. The zero-order chi connectivity index (χ0) is 31.6. The second-order valence-corrected chi connectivity index (χ2v) is 11.0. The Labute approximate surface area is 257 Å². The number of hydrogen-bond acceptors (Lipinski definition) is 6. The lowest BCUT2D eigenvalue weighted by Crippen LogP contribution is -2.35. The van der Waals surface area contributed by atoms with Crippen LogP contribution in [0, 0.1) is 0 Å². The van der Waals surface area contributed by atoms with E-state index in [1.165, 1.54) is 4.90 Å². The highest BCUT2D eigenvalue weighted by atomic mass is 19.4. The van der Waals surface area contributed by atoms with Crippen LogP contribution in [0.1, 0.15) is 40.7 Å². The Morgan fingerprint density at radius 3 is 2.62 bits per heavy atom. The van der Waals surface area contributed by atoms with Crippen LogP contribution in [0.3, 0.4) is 0 Å². The van der Waals surface area contributed by atoms with Crippen LogP contribution in [0.5, 0.6) is 0 Å². The van der Waals surface area contributed by atoms with Crippen molar-refractivity contribution in [2.45, 2.75) is 32.0 Å². The summed E-state index contributed by atoms with van der Waals surface area (Å²) in [4.78, 5) is 37.4. The van der Waals surface area contributed by atoms with E-state index in [0.717, 1.165) is 27.6 Å².